The van der Waals surface area contributed by atoms with E-state index in [1.54, 1.807) is 12.4 Å². The molecule has 1 unspecified atom stereocenters. The Kier molecular flexibility index (Phi) is 4.19. The Morgan fingerprint density at radius 2 is 2.38 bits per heavy atom. The number of halogens is 1. The van der Waals surface area contributed by atoms with Crippen molar-refractivity contribution < 1.29 is 0 Å². The molecule has 0 aliphatic heterocycles. The molecular weight excluding hydrogens is 184 g/mol. The molecule has 0 aromatic carbocycles. The highest BCUT2D eigenvalue weighted by Crippen LogP contribution is 2.15. The van der Waals surface area contributed by atoms with Crippen LogP contribution in [0.2, 0.25) is 5.02 Å². The predicted molar refractivity (Wildman–Crippen MR) is 56.1 cm³/mol. The van der Waals surface area contributed by atoms with Gasteiger partial charge in [-0.25, -0.2) is 0 Å². The lowest BCUT2D eigenvalue weighted by molar-refractivity contribution is 0.565. The molecule has 0 aliphatic rings. The smallest absolute Gasteiger partial charge is 0.0621 e. The Bertz CT molecular complexity index is 263. The summed E-state index contributed by atoms with van der Waals surface area (Å²) < 4.78 is 0. The zero-order valence-electron chi connectivity index (χ0n) is 8.05. The first-order valence-electron chi connectivity index (χ1n) is 4.49. The Balaban J connectivity index is 2.50. The van der Waals surface area contributed by atoms with Crippen LogP contribution in [0.5, 0.6) is 0 Å². The molecule has 0 aliphatic carbocycles. The van der Waals surface area contributed by atoms with Crippen LogP contribution in [0.25, 0.3) is 0 Å². The summed E-state index contributed by atoms with van der Waals surface area (Å²) >= 11 is 5.97. The molecule has 1 heterocycles. The number of nitrogens with zero attached hydrogens (tertiary/aromatic N) is 1. The van der Waals surface area contributed by atoms with Crippen LogP contribution in [-0.2, 0) is 6.42 Å². The molecule has 3 heteroatoms. The third-order valence-electron chi connectivity index (χ3n) is 2.20. The van der Waals surface area contributed by atoms with Crippen molar-refractivity contribution in [2.45, 2.75) is 25.8 Å². The average Bonchev–Trinajstić information content (AvgIpc) is 2.16. The number of rotatable bonds is 4. The van der Waals surface area contributed by atoms with Crippen LogP contribution in [0.4, 0.5) is 0 Å². The lowest BCUT2D eigenvalue weighted by atomic mass is 10.1. The fourth-order valence-electron chi connectivity index (χ4n) is 1.12. The first kappa shape index (κ1) is 10.5. The van der Waals surface area contributed by atoms with E-state index in [9.17, 15) is 0 Å². The van der Waals surface area contributed by atoms with Crippen molar-refractivity contribution in [3.05, 3.63) is 29.0 Å². The van der Waals surface area contributed by atoms with Gasteiger partial charge in [0.05, 0.1) is 5.02 Å². The first-order chi connectivity index (χ1) is 6.24. The van der Waals surface area contributed by atoms with Crippen LogP contribution < -0.4 is 5.32 Å². The minimum atomic E-state index is 0.532. The monoisotopic (exact) mass is 198 g/mol. The van der Waals surface area contributed by atoms with E-state index in [0.29, 0.717) is 6.04 Å². The minimum absolute atomic E-state index is 0.532. The zero-order chi connectivity index (χ0) is 9.68. The van der Waals surface area contributed by atoms with Gasteiger partial charge in [-0.05, 0) is 38.4 Å². The lowest BCUT2D eigenvalue weighted by Gasteiger charge is -2.09. The third kappa shape index (κ3) is 3.33. The van der Waals surface area contributed by atoms with E-state index < -0.39 is 0 Å². The van der Waals surface area contributed by atoms with Crippen LogP contribution >= 0.6 is 11.6 Å². The van der Waals surface area contributed by atoms with Gasteiger partial charge in [-0.1, -0.05) is 11.6 Å². The number of nitrogens with one attached hydrogen (secondary N) is 1. The Morgan fingerprint density at radius 1 is 1.62 bits per heavy atom. The van der Waals surface area contributed by atoms with Gasteiger partial charge in [-0.2, -0.15) is 0 Å². The summed E-state index contributed by atoms with van der Waals surface area (Å²) in [5.41, 5.74) is 1.18. The Labute approximate surface area is 84.3 Å². The molecule has 1 aromatic rings. The third-order valence-corrected chi connectivity index (χ3v) is 2.54. The van der Waals surface area contributed by atoms with E-state index in [-0.39, 0.29) is 0 Å². The predicted octanol–water partition coefficient (Wildman–Crippen LogP) is 2.28. The van der Waals surface area contributed by atoms with Crippen molar-refractivity contribution >= 4 is 11.6 Å². The van der Waals surface area contributed by atoms with E-state index in [1.807, 2.05) is 13.1 Å². The van der Waals surface area contributed by atoms with Crippen LogP contribution in [0, 0.1) is 0 Å². The van der Waals surface area contributed by atoms with Gasteiger partial charge >= 0.3 is 0 Å². The van der Waals surface area contributed by atoms with Gasteiger partial charge in [0.2, 0.25) is 0 Å². The van der Waals surface area contributed by atoms with Crippen molar-refractivity contribution in [2.24, 2.45) is 0 Å². The van der Waals surface area contributed by atoms with Crippen molar-refractivity contribution in [3.8, 4) is 0 Å². The average molecular weight is 199 g/mol. The first-order valence-corrected chi connectivity index (χ1v) is 4.87. The number of aromatic nitrogens is 1. The van der Waals surface area contributed by atoms with E-state index in [4.69, 9.17) is 11.6 Å². The lowest BCUT2D eigenvalue weighted by Crippen LogP contribution is -2.21. The topological polar surface area (TPSA) is 24.9 Å². The number of aryl methyl sites for hydroxylation is 1. The van der Waals surface area contributed by atoms with Crippen molar-refractivity contribution in [3.63, 3.8) is 0 Å². The summed E-state index contributed by atoms with van der Waals surface area (Å²) in [5, 5.41) is 3.97. The fraction of sp³-hybridized carbons (Fsp3) is 0.500. The highest BCUT2D eigenvalue weighted by Gasteiger charge is 2.02. The minimum Gasteiger partial charge on any atom is -0.317 e. The van der Waals surface area contributed by atoms with E-state index in [1.165, 1.54) is 5.56 Å². The van der Waals surface area contributed by atoms with Crippen molar-refractivity contribution in [2.75, 3.05) is 7.05 Å². The molecule has 1 aromatic heterocycles. The van der Waals surface area contributed by atoms with Crippen LogP contribution in [0.3, 0.4) is 0 Å². The summed E-state index contributed by atoms with van der Waals surface area (Å²) in [6, 6.07) is 2.51. The molecule has 0 bridgehead atoms. The highest BCUT2D eigenvalue weighted by molar-refractivity contribution is 6.31. The second-order valence-electron chi connectivity index (χ2n) is 3.20. The normalized spacial score (nSPS) is 12.8. The van der Waals surface area contributed by atoms with E-state index in [2.05, 4.69) is 17.2 Å². The van der Waals surface area contributed by atoms with E-state index in [0.717, 1.165) is 17.9 Å². The fourth-order valence-corrected chi connectivity index (χ4v) is 1.34. The second kappa shape index (κ2) is 5.20. The molecule has 72 valence electrons. The number of hydrogen-bond acceptors (Lipinski definition) is 2. The molecule has 1 N–H and O–H groups in total. The highest BCUT2D eigenvalue weighted by atomic mass is 35.5. The van der Waals surface area contributed by atoms with Crippen molar-refractivity contribution in [1.29, 1.82) is 0 Å². The summed E-state index contributed by atoms with van der Waals surface area (Å²) in [6.45, 7) is 2.16. The van der Waals surface area contributed by atoms with Gasteiger partial charge in [-0.3, -0.25) is 4.98 Å². The molecule has 1 rings (SSSR count). The van der Waals surface area contributed by atoms with Gasteiger partial charge in [0.25, 0.3) is 0 Å². The van der Waals surface area contributed by atoms with Crippen LogP contribution in [-0.4, -0.2) is 18.1 Å². The molecule has 0 fully saturated rings. The van der Waals surface area contributed by atoms with Gasteiger partial charge in [0.1, 0.15) is 0 Å². The molecule has 13 heavy (non-hydrogen) atoms. The Hall–Kier alpha value is -0.600. The molecule has 0 saturated carbocycles. The Morgan fingerprint density at radius 3 is 3.00 bits per heavy atom. The molecule has 0 saturated heterocycles. The molecule has 1 atom stereocenters. The van der Waals surface area contributed by atoms with Gasteiger partial charge in [0, 0.05) is 18.4 Å². The molecule has 0 radical (unpaired) electrons. The molecular formula is C10H15ClN2. The van der Waals surface area contributed by atoms with Gasteiger partial charge < -0.3 is 5.32 Å². The SMILES string of the molecule is CNC(C)CCc1ccncc1Cl. The summed E-state index contributed by atoms with van der Waals surface area (Å²) in [6.07, 6.45) is 5.58. The number of hydrogen-bond donors (Lipinski definition) is 1. The summed E-state index contributed by atoms with van der Waals surface area (Å²) in [4.78, 5) is 3.94. The van der Waals surface area contributed by atoms with E-state index >= 15 is 0 Å². The molecule has 0 spiro atoms. The molecule has 0 amide bonds. The standard InChI is InChI=1S/C10H15ClN2/c1-8(12-2)3-4-9-5-6-13-7-10(9)11/h5-8,12H,3-4H2,1-2H3. The maximum atomic E-state index is 5.97. The van der Waals surface area contributed by atoms with Crippen LogP contribution in [0.1, 0.15) is 18.9 Å². The number of pyridine rings is 1. The maximum Gasteiger partial charge on any atom is 0.0621 e. The van der Waals surface area contributed by atoms with Crippen LogP contribution in [0.15, 0.2) is 18.5 Å². The quantitative estimate of drug-likeness (QED) is 0.803. The van der Waals surface area contributed by atoms with Gasteiger partial charge in [-0.15, -0.1) is 0 Å². The maximum absolute atomic E-state index is 5.97. The summed E-state index contributed by atoms with van der Waals surface area (Å²) in [7, 11) is 1.97. The van der Waals surface area contributed by atoms with Gasteiger partial charge in [0.15, 0.2) is 0 Å². The molecule has 2 nitrogen and oxygen atoms in total. The zero-order valence-corrected chi connectivity index (χ0v) is 8.80. The largest absolute Gasteiger partial charge is 0.317 e. The van der Waals surface area contributed by atoms with Crippen molar-refractivity contribution in [1.82, 2.24) is 10.3 Å². The summed E-state index contributed by atoms with van der Waals surface area (Å²) in [5.74, 6) is 0. The second-order valence-corrected chi connectivity index (χ2v) is 3.60.